The molecule has 0 aromatic heterocycles. The first-order chi connectivity index (χ1) is 12.9. The van der Waals surface area contributed by atoms with E-state index in [1.165, 1.54) is 13.2 Å². The third-order valence-electron chi connectivity index (χ3n) is 3.86. The smallest absolute Gasteiger partial charge is 0.266 e. The number of halogens is 1. The Morgan fingerprint density at radius 2 is 2.04 bits per heavy atom. The molecule has 140 valence electrons. The van der Waals surface area contributed by atoms with E-state index in [-0.39, 0.29) is 5.57 Å². The van der Waals surface area contributed by atoms with Crippen LogP contribution in [0.15, 0.2) is 35.9 Å². The van der Waals surface area contributed by atoms with Crippen molar-refractivity contribution in [1.82, 2.24) is 0 Å². The number of ether oxygens (including phenoxy) is 2. The third kappa shape index (κ3) is 5.02. The van der Waals surface area contributed by atoms with E-state index < -0.39 is 5.91 Å². The summed E-state index contributed by atoms with van der Waals surface area (Å²) in [6, 6.07) is 11.0. The molecule has 0 aliphatic rings. The van der Waals surface area contributed by atoms with Gasteiger partial charge in [0.1, 0.15) is 11.6 Å². The van der Waals surface area contributed by atoms with Gasteiger partial charge < -0.3 is 14.8 Å². The number of hydrogen-bond acceptors (Lipinski definition) is 4. The Morgan fingerprint density at radius 1 is 1.30 bits per heavy atom. The molecule has 0 saturated carbocycles. The fraction of sp³-hybridized carbons (Fsp3) is 0.238. The highest BCUT2D eigenvalue weighted by Gasteiger charge is 2.14. The van der Waals surface area contributed by atoms with E-state index in [9.17, 15) is 10.1 Å². The SMILES string of the molecule is CCOc1c(Cl)cc(/C=C(\C#N)C(=O)Nc2cc(C)ccc2C)cc1OC. The summed E-state index contributed by atoms with van der Waals surface area (Å²) in [5.41, 5.74) is 3.12. The van der Waals surface area contributed by atoms with Gasteiger partial charge in [-0.3, -0.25) is 4.79 Å². The predicted molar refractivity (Wildman–Crippen MR) is 107 cm³/mol. The van der Waals surface area contributed by atoms with Gasteiger partial charge in [-0.05, 0) is 61.7 Å². The zero-order valence-electron chi connectivity index (χ0n) is 15.7. The highest BCUT2D eigenvalue weighted by atomic mass is 35.5. The summed E-state index contributed by atoms with van der Waals surface area (Å²) in [4.78, 5) is 12.5. The molecule has 0 radical (unpaired) electrons. The molecule has 0 spiro atoms. The Morgan fingerprint density at radius 3 is 2.67 bits per heavy atom. The molecule has 27 heavy (non-hydrogen) atoms. The van der Waals surface area contributed by atoms with Crippen LogP contribution in [0.25, 0.3) is 6.08 Å². The molecule has 2 aromatic carbocycles. The molecule has 0 heterocycles. The molecule has 0 atom stereocenters. The predicted octanol–water partition coefficient (Wildman–Crippen LogP) is 4.91. The summed E-state index contributed by atoms with van der Waals surface area (Å²) >= 11 is 6.25. The monoisotopic (exact) mass is 384 g/mol. The first-order valence-corrected chi connectivity index (χ1v) is 8.78. The van der Waals surface area contributed by atoms with Gasteiger partial charge in [0.05, 0.1) is 18.7 Å². The minimum absolute atomic E-state index is 0.0433. The van der Waals surface area contributed by atoms with Crippen LogP contribution in [0.2, 0.25) is 5.02 Å². The van der Waals surface area contributed by atoms with Crippen molar-refractivity contribution < 1.29 is 14.3 Å². The second-order valence-electron chi connectivity index (χ2n) is 5.91. The zero-order chi connectivity index (χ0) is 20.0. The molecule has 2 aromatic rings. The van der Waals surface area contributed by atoms with Gasteiger partial charge in [-0.1, -0.05) is 23.7 Å². The van der Waals surface area contributed by atoms with E-state index in [1.54, 1.807) is 12.1 Å². The zero-order valence-corrected chi connectivity index (χ0v) is 16.5. The lowest BCUT2D eigenvalue weighted by atomic mass is 10.1. The Labute approximate surface area is 164 Å². The standard InChI is InChI=1S/C21H21ClN2O3/c1-5-27-20-17(22)10-15(11-19(20)26-4)9-16(12-23)21(25)24-18-8-13(2)6-7-14(18)3/h6-11H,5H2,1-4H3,(H,24,25)/b16-9+. The van der Waals surface area contributed by atoms with E-state index in [0.717, 1.165) is 11.1 Å². The van der Waals surface area contributed by atoms with Gasteiger partial charge in [0, 0.05) is 5.69 Å². The van der Waals surface area contributed by atoms with E-state index in [4.69, 9.17) is 21.1 Å². The van der Waals surface area contributed by atoms with Crippen LogP contribution in [0.1, 0.15) is 23.6 Å². The Hall–Kier alpha value is -2.97. The number of anilines is 1. The van der Waals surface area contributed by atoms with E-state index in [0.29, 0.717) is 34.4 Å². The van der Waals surface area contributed by atoms with Crippen molar-refractivity contribution in [3.05, 3.63) is 57.6 Å². The summed E-state index contributed by atoms with van der Waals surface area (Å²) in [5.74, 6) is 0.371. The molecule has 1 N–H and O–H groups in total. The van der Waals surface area contributed by atoms with Crippen LogP contribution >= 0.6 is 11.6 Å². The molecule has 0 unspecified atom stereocenters. The summed E-state index contributed by atoms with van der Waals surface area (Å²) in [6.07, 6.45) is 1.46. The number of benzene rings is 2. The fourth-order valence-electron chi connectivity index (χ4n) is 2.48. The number of carbonyl (C=O) groups excluding carboxylic acids is 1. The number of nitrogens with one attached hydrogen (secondary N) is 1. The van der Waals surface area contributed by atoms with Gasteiger partial charge in [-0.15, -0.1) is 0 Å². The number of carbonyl (C=O) groups is 1. The number of aryl methyl sites for hydroxylation is 2. The lowest BCUT2D eigenvalue weighted by Gasteiger charge is -2.12. The Kier molecular flexibility index (Phi) is 6.86. The van der Waals surface area contributed by atoms with Crippen LogP contribution in [0.4, 0.5) is 5.69 Å². The van der Waals surface area contributed by atoms with Crippen molar-refractivity contribution in [1.29, 1.82) is 5.26 Å². The molecule has 5 nitrogen and oxygen atoms in total. The normalized spacial score (nSPS) is 10.9. The molecule has 1 amide bonds. The van der Waals surface area contributed by atoms with Gasteiger partial charge in [0.2, 0.25) is 0 Å². The van der Waals surface area contributed by atoms with Crippen LogP contribution in [-0.4, -0.2) is 19.6 Å². The second-order valence-corrected chi connectivity index (χ2v) is 6.32. The lowest BCUT2D eigenvalue weighted by Crippen LogP contribution is -2.14. The van der Waals surface area contributed by atoms with Crippen LogP contribution in [-0.2, 0) is 4.79 Å². The number of methoxy groups -OCH3 is 1. The van der Waals surface area contributed by atoms with Gasteiger partial charge >= 0.3 is 0 Å². The first kappa shape index (κ1) is 20.3. The lowest BCUT2D eigenvalue weighted by molar-refractivity contribution is -0.112. The van der Waals surface area contributed by atoms with Crippen molar-refractivity contribution in [2.75, 3.05) is 19.0 Å². The molecule has 0 saturated heterocycles. The highest BCUT2D eigenvalue weighted by Crippen LogP contribution is 2.37. The Balaban J connectivity index is 2.35. The average Bonchev–Trinajstić information content (AvgIpc) is 2.64. The molecule has 0 fully saturated rings. The van der Waals surface area contributed by atoms with Gasteiger partial charge in [0.25, 0.3) is 5.91 Å². The summed E-state index contributed by atoms with van der Waals surface area (Å²) in [6.45, 7) is 6.11. The molecular formula is C21H21ClN2O3. The molecule has 0 aliphatic heterocycles. The van der Waals surface area contributed by atoms with Crippen LogP contribution in [0, 0.1) is 25.2 Å². The van der Waals surface area contributed by atoms with Crippen molar-refractivity contribution >= 4 is 29.3 Å². The van der Waals surface area contributed by atoms with Gasteiger partial charge in [0.15, 0.2) is 11.5 Å². The summed E-state index contributed by atoms with van der Waals surface area (Å²) in [5, 5.41) is 12.5. The second kappa shape index (κ2) is 9.11. The maximum Gasteiger partial charge on any atom is 0.266 e. The van der Waals surface area contributed by atoms with Crippen molar-refractivity contribution in [3.63, 3.8) is 0 Å². The number of nitriles is 1. The molecule has 0 bridgehead atoms. The molecule has 6 heteroatoms. The quantitative estimate of drug-likeness (QED) is 0.567. The molecule has 2 rings (SSSR count). The van der Waals surface area contributed by atoms with Crippen molar-refractivity contribution in [2.45, 2.75) is 20.8 Å². The van der Waals surface area contributed by atoms with E-state index in [2.05, 4.69) is 5.32 Å². The van der Waals surface area contributed by atoms with Crippen LogP contribution < -0.4 is 14.8 Å². The minimum Gasteiger partial charge on any atom is -0.493 e. The first-order valence-electron chi connectivity index (χ1n) is 8.40. The topological polar surface area (TPSA) is 71.3 Å². The molecule has 0 aliphatic carbocycles. The van der Waals surface area contributed by atoms with Gasteiger partial charge in [-0.25, -0.2) is 0 Å². The number of amides is 1. The largest absolute Gasteiger partial charge is 0.493 e. The third-order valence-corrected chi connectivity index (χ3v) is 4.14. The molecular weight excluding hydrogens is 364 g/mol. The van der Waals surface area contributed by atoms with E-state index in [1.807, 2.05) is 45.0 Å². The van der Waals surface area contributed by atoms with Crippen LogP contribution in [0.3, 0.4) is 0 Å². The van der Waals surface area contributed by atoms with E-state index >= 15 is 0 Å². The number of nitrogens with zero attached hydrogens (tertiary/aromatic N) is 1. The number of hydrogen-bond donors (Lipinski definition) is 1. The summed E-state index contributed by atoms with van der Waals surface area (Å²) in [7, 11) is 1.50. The van der Waals surface area contributed by atoms with Crippen LogP contribution in [0.5, 0.6) is 11.5 Å². The maximum absolute atomic E-state index is 12.5. The highest BCUT2D eigenvalue weighted by molar-refractivity contribution is 6.32. The number of rotatable bonds is 6. The average molecular weight is 385 g/mol. The maximum atomic E-state index is 12.5. The van der Waals surface area contributed by atoms with Crippen molar-refractivity contribution in [3.8, 4) is 17.6 Å². The fourth-order valence-corrected chi connectivity index (χ4v) is 2.76. The van der Waals surface area contributed by atoms with Crippen molar-refractivity contribution in [2.24, 2.45) is 0 Å². The van der Waals surface area contributed by atoms with Gasteiger partial charge in [-0.2, -0.15) is 5.26 Å². The summed E-state index contributed by atoms with van der Waals surface area (Å²) < 4.78 is 10.8. The minimum atomic E-state index is -0.491. The Bertz CT molecular complexity index is 930.